The highest BCUT2D eigenvalue weighted by Crippen LogP contribution is 2.30. The van der Waals surface area contributed by atoms with Crippen LogP contribution in [0.1, 0.15) is 33.3 Å². The summed E-state index contributed by atoms with van der Waals surface area (Å²) in [5.74, 6) is -0.290. The molecular weight excluding hydrogens is 273 g/mol. The number of carbonyl (C=O) groups excluding carboxylic acids is 1. The van der Waals surface area contributed by atoms with E-state index in [1.54, 1.807) is 17.0 Å². The van der Waals surface area contributed by atoms with Crippen molar-refractivity contribution in [3.05, 3.63) is 35.6 Å². The minimum absolute atomic E-state index is 0.290. The maximum atomic E-state index is 13.0. The summed E-state index contributed by atoms with van der Waals surface area (Å²) in [4.78, 5) is 13.8. The van der Waals surface area contributed by atoms with Gasteiger partial charge in [0, 0.05) is 6.54 Å². The largest absolute Gasteiger partial charge is 0.444 e. The molecule has 0 unspecified atom stereocenters. The van der Waals surface area contributed by atoms with Crippen molar-refractivity contribution in [1.82, 2.24) is 4.90 Å². The van der Waals surface area contributed by atoms with Crippen molar-refractivity contribution in [2.24, 2.45) is 0 Å². The van der Waals surface area contributed by atoms with Crippen molar-refractivity contribution < 1.29 is 18.7 Å². The second-order valence-electron chi connectivity index (χ2n) is 6.49. The predicted molar refractivity (Wildman–Crippen MR) is 77.5 cm³/mol. The summed E-state index contributed by atoms with van der Waals surface area (Å²) in [7, 11) is 0. The minimum atomic E-state index is -0.650. The number of halogens is 1. The summed E-state index contributed by atoms with van der Waals surface area (Å²) in [5.41, 5.74) is -0.331. The van der Waals surface area contributed by atoms with Crippen molar-refractivity contribution in [2.75, 3.05) is 19.7 Å². The smallest absolute Gasteiger partial charge is 0.410 e. The average molecular weight is 295 g/mol. The fraction of sp³-hybridized carbons (Fsp3) is 0.562. The van der Waals surface area contributed by atoms with Crippen molar-refractivity contribution in [3.63, 3.8) is 0 Å². The quantitative estimate of drug-likeness (QED) is 0.798. The van der Waals surface area contributed by atoms with Gasteiger partial charge >= 0.3 is 6.09 Å². The summed E-state index contributed by atoms with van der Waals surface area (Å²) in [6.07, 6.45) is -0.348. The van der Waals surface area contributed by atoms with Gasteiger partial charge in [0.1, 0.15) is 17.0 Å². The molecule has 1 saturated heterocycles. The molecule has 1 heterocycles. The highest BCUT2D eigenvalue weighted by molar-refractivity contribution is 5.68. The molecule has 0 bridgehead atoms. The molecule has 1 aliphatic rings. The Hall–Kier alpha value is -1.62. The zero-order valence-electron chi connectivity index (χ0n) is 13.0. The number of ether oxygens (including phenoxy) is 2. The van der Waals surface area contributed by atoms with E-state index in [0.717, 1.165) is 5.56 Å². The van der Waals surface area contributed by atoms with Crippen molar-refractivity contribution in [3.8, 4) is 0 Å². The van der Waals surface area contributed by atoms with Crippen molar-refractivity contribution in [1.29, 1.82) is 0 Å². The van der Waals surface area contributed by atoms with E-state index in [2.05, 4.69) is 0 Å². The fourth-order valence-corrected chi connectivity index (χ4v) is 2.33. The van der Waals surface area contributed by atoms with Crippen LogP contribution in [0.5, 0.6) is 0 Å². The Morgan fingerprint density at radius 1 is 1.33 bits per heavy atom. The molecule has 1 aromatic carbocycles. The summed E-state index contributed by atoms with van der Waals surface area (Å²) in [6.45, 7) is 8.71. The van der Waals surface area contributed by atoms with E-state index in [9.17, 15) is 9.18 Å². The van der Waals surface area contributed by atoms with Crippen LogP contribution < -0.4 is 0 Å². The van der Waals surface area contributed by atoms with Crippen molar-refractivity contribution >= 4 is 6.09 Å². The third-order valence-corrected chi connectivity index (χ3v) is 3.38. The summed E-state index contributed by atoms with van der Waals surface area (Å²) in [5, 5.41) is 0. The maximum Gasteiger partial charge on any atom is 0.410 e. The third-order valence-electron chi connectivity index (χ3n) is 3.38. The number of hydrogen-bond acceptors (Lipinski definition) is 3. The lowest BCUT2D eigenvalue weighted by atomic mass is 9.94. The van der Waals surface area contributed by atoms with Gasteiger partial charge in [-0.15, -0.1) is 0 Å². The molecule has 0 spiro atoms. The first kappa shape index (κ1) is 15.8. The van der Waals surface area contributed by atoms with Gasteiger partial charge < -0.3 is 14.4 Å². The van der Waals surface area contributed by atoms with Gasteiger partial charge in [0.25, 0.3) is 0 Å². The molecule has 1 fully saturated rings. The van der Waals surface area contributed by atoms with Gasteiger partial charge in [-0.3, -0.25) is 0 Å². The van der Waals surface area contributed by atoms with Gasteiger partial charge in [0.2, 0.25) is 0 Å². The summed E-state index contributed by atoms with van der Waals surface area (Å²) < 4.78 is 24.3. The molecule has 0 aliphatic carbocycles. The number of amides is 1. The van der Waals surface area contributed by atoms with E-state index in [-0.39, 0.29) is 11.9 Å². The molecule has 1 atom stereocenters. The molecule has 1 aromatic rings. The Labute approximate surface area is 124 Å². The molecule has 1 amide bonds. The van der Waals surface area contributed by atoms with Crippen molar-refractivity contribution in [2.45, 2.75) is 38.9 Å². The van der Waals surface area contributed by atoms with Crippen LogP contribution in [-0.4, -0.2) is 36.3 Å². The number of hydrogen-bond donors (Lipinski definition) is 0. The molecule has 0 aromatic heterocycles. The lowest BCUT2D eigenvalue weighted by molar-refractivity contribution is -0.103. The lowest BCUT2D eigenvalue weighted by Gasteiger charge is -2.41. The van der Waals surface area contributed by atoms with Gasteiger partial charge in [0.15, 0.2) is 0 Å². The van der Waals surface area contributed by atoms with E-state index >= 15 is 0 Å². The van der Waals surface area contributed by atoms with Gasteiger partial charge in [-0.2, -0.15) is 0 Å². The highest BCUT2D eigenvalue weighted by atomic mass is 19.1. The van der Waals surface area contributed by atoms with E-state index < -0.39 is 11.2 Å². The Kier molecular flexibility index (Phi) is 4.23. The molecule has 5 heteroatoms. The number of nitrogens with zero attached hydrogens (tertiary/aromatic N) is 1. The van der Waals surface area contributed by atoms with Gasteiger partial charge in [-0.25, -0.2) is 9.18 Å². The molecule has 0 radical (unpaired) electrons. The van der Waals surface area contributed by atoms with Crippen LogP contribution in [0.2, 0.25) is 0 Å². The second kappa shape index (κ2) is 5.64. The zero-order valence-corrected chi connectivity index (χ0v) is 13.0. The zero-order chi connectivity index (χ0) is 15.7. The number of rotatable bonds is 1. The third kappa shape index (κ3) is 3.94. The first-order chi connectivity index (χ1) is 9.70. The number of morpholine rings is 1. The van der Waals surface area contributed by atoms with E-state index in [1.807, 2.05) is 27.7 Å². The van der Waals surface area contributed by atoms with E-state index in [0.29, 0.717) is 19.7 Å². The first-order valence-corrected chi connectivity index (χ1v) is 7.08. The van der Waals surface area contributed by atoms with Crippen LogP contribution in [0.25, 0.3) is 0 Å². The lowest BCUT2D eigenvalue weighted by Crippen LogP contribution is -2.51. The van der Waals surface area contributed by atoms with Crippen LogP contribution in [0.4, 0.5) is 9.18 Å². The molecule has 116 valence electrons. The van der Waals surface area contributed by atoms with Crippen LogP contribution in [0.3, 0.4) is 0 Å². The second-order valence-corrected chi connectivity index (χ2v) is 6.49. The highest BCUT2D eigenvalue weighted by Gasteiger charge is 2.37. The van der Waals surface area contributed by atoms with Crippen LogP contribution in [0.15, 0.2) is 24.3 Å². The van der Waals surface area contributed by atoms with Gasteiger partial charge in [-0.1, -0.05) is 12.1 Å². The molecular formula is C16H22FNO3. The maximum absolute atomic E-state index is 13.0. The Morgan fingerprint density at radius 2 is 1.95 bits per heavy atom. The molecule has 2 rings (SSSR count). The molecule has 0 N–H and O–H groups in total. The number of benzene rings is 1. The molecule has 0 saturated carbocycles. The van der Waals surface area contributed by atoms with E-state index in [1.165, 1.54) is 12.1 Å². The van der Waals surface area contributed by atoms with Gasteiger partial charge in [0.05, 0.1) is 13.2 Å². The number of carbonyl (C=O) groups is 1. The van der Waals surface area contributed by atoms with E-state index in [4.69, 9.17) is 9.47 Å². The first-order valence-electron chi connectivity index (χ1n) is 7.08. The van der Waals surface area contributed by atoms with Crippen LogP contribution >= 0.6 is 0 Å². The topological polar surface area (TPSA) is 38.8 Å². The minimum Gasteiger partial charge on any atom is -0.444 e. The Bertz CT molecular complexity index is 509. The molecule has 1 aliphatic heterocycles. The normalized spacial score (nSPS) is 23.0. The average Bonchev–Trinajstić information content (AvgIpc) is 2.37. The van der Waals surface area contributed by atoms with Crippen LogP contribution in [-0.2, 0) is 15.1 Å². The molecule has 4 nitrogen and oxygen atoms in total. The SMILES string of the molecule is CC(C)(C)OC(=O)N1CCO[C@@](C)(c2ccc(F)cc2)C1. The standard InChI is InChI=1S/C16H22FNO3/c1-15(2,3)21-14(19)18-9-10-20-16(4,11-18)12-5-7-13(17)8-6-12/h5-8H,9-11H2,1-4H3/t16-/m1/s1. The Morgan fingerprint density at radius 3 is 2.52 bits per heavy atom. The fourth-order valence-electron chi connectivity index (χ4n) is 2.33. The predicted octanol–water partition coefficient (Wildman–Crippen LogP) is 3.31. The summed E-state index contributed by atoms with van der Waals surface area (Å²) >= 11 is 0. The molecule has 21 heavy (non-hydrogen) atoms. The Balaban J connectivity index is 2.12. The van der Waals surface area contributed by atoms with Gasteiger partial charge in [-0.05, 0) is 45.4 Å². The summed E-state index contributed by atoms with van der Waals surface area (Å²) in [6, 6.07) is 6.18. The van der Waals surface area contributed by atoms with Crippen LogP contribution in [0, 0.1) is 5.82 Å². The monoisotopic (exact) mass is 295 g/mol.